The minimum absolute atomic E-state index is 0.115. The second kappa shape index (κ2) is 10.5. The maximum absolute atomic E-state index is 13.6. The van der Waals surface area contributed by atoms with Crippen LogP contribution in [0.5, 0.6) is 0 Å². The van der Waals surface area contributed by atoms with Gasteiger partial charge in [0.2, 0.25) is 11.8 Å². The third-order valence-electron chi connectivity index (χ3n) is 6.02. The smallest absolute Gasteiger partial charge is 0.236 e. The van der Waals surface area contributed by atoms with Crippen molar-refractivity contribution < 1.29 is 9.59 Å². The summed E-state index contributed by atoms with van der Waals surface area (Å²) in [5.74, 6) is -0.387. The van der Waals surface area contributed by atoms with Crippen molar-refractivity contribution in [3.8, 4) is 0 Å². The zero-order chi connectivity index (χ0) is 23.2. The Kier molecular flexibility index (Phi) is 7.30. The fourth-order valence-corrected chi connectivity index (χ4v) is 4.47. The van der Waals surface area contributed by atoms with E-state index in [1.165, 1.54) is 0 Å². The standard InChI is InChI=1S/C27H28ClN3O2/c1-2-25(32)31-17-15-30(16-18-31)24-14-13-22(28)19-23(24)29-27(33)26(20-9-5-3-6-10-20)21-11-7-4-8-12-21/h3-14,19,26H,2,15-18H2,1H3,(H,29,33). The summed E-state index contributed by atoms with van der Waals surface area (Å²) in [7, 11) is 0. The Morgan fingerprint density at radius 1 is 0.879 bits per heavy atom. The van der Waals surface area contributed by atoms with Crippen molar-refractivity contribution in [2.45, 2.75) is 19.3 Å². The molecular formula is C27H28ClN3O2. The number of halogens is 1. The molecule has 0 saturated carbocycles. The molecule has 33 heavy (non-hydrogen) atoms. The highest BCUT2D eigenvalue weighted by atomic mass is 35.5. The zero-order valence-corrected chi connectivity index (χ0v) is 19.5. The number of hydrogen-bond donors (Lipinski definition) is 1. The van der Waals surface area contributed by atoms with E-state index in [4.69, 9.17) is 11.6 Å². The Balaban J connectivity index is 1.60. The summed E-state index contributed by atoms with van der Waals surface area (Å²) >= 11 is 6.31. The van der Waals surface area contributed by atoms with Gasteiger partial charge in [0, 0.05) is 37.6 Å². The molecule has 4 rings (SSSR count). The fraction of sp³-hybridized carbons (Fsp3) is 0.259. The molecule has 0 aromatic heterocycles. The predicted molar refractivity (Wildman–Crippen MR) is 134 cm³/mol. The number of amides is 2. The first-order chi connectivity index (χ1) is 16.1. The molecule has 1 aliphatic heterocycles. The number of piperazine rings is 1. The lowest BCUT2D eigenvalue weighted by atomic mass is 9.90. The molecule has 1 fully saturated rings. The lowest BCUT2D eigenvalue weighted by molar-refractivity contribution is -0.131. The summed E-state index contributed by atoms with van der Waals surface area (Å²) < 4.78 is 0. The van der Waals surface area contributed by atoms with E-state index in [1.54, 1.807) is 6.07 Å². The fourth-order valence-electron chi connectivity index (χ4n) is 4.30. The molecule has 2 amide bonds. The van der Waals surface area contributed by atoms with Gasteiger partial charge in [-0.05, 0) is 29.3 Å². The predicted octanol–water partition coefficient (Wildman–Crippen LogP) is 5.17. The minimum atomic E-state index is -0.446. The molecule has 1 heterocycles. The summed E-state index contributed by atoms with van der Waals surface area (Å²) in [6.45, 7) is 4.63. The van der Waals surface area contributed by atoms with Gasteiger partial charge >= 0.3 is 0 Å². The Morgan fingerprint density at radius 3 is 2.00 bits per heavy atom. The number of nitrogens with zero attached hydrogens (tertiary/aromatic N) is 2. The molecule has 3 aromatic rings. The normalized spacial score (nSPS) is 13.8. The van der Waals surface area contributed by atoms with E-state index in [2.05, 4.69) is 10.2 Å². The average Bonchev–Trinajstić information content (AvgIpc) is 2.85. The second-order valence-electron chi connectivity index (χ2n) is 8.13. The number of benzene rings is 3. The topological polar surface area (TPSA) is 52.7 Å². The molecule has 0 unspecified atom stereocenters. The van der Waals surface area contributed by atoms with Gasteiger partial charge in [0.25, 0.3) is 0 Å². The average molecular weight is 462 g/mol. The maximum atomic E-state index is 13.6. The van der Waals surface area contributed by atoms with Gasteiger partial charge in [0.05, 0.1) is 17.3 Å². The second-order valence-corrected chi connectivity index (χ2v) is 8.56. The molecule has 5 nitrogen and oxygen atoms in total. The van der Waals surface area contributed by atoms with E-state index in [0.29, 0.717) is 43.3 Å². The van der Waals surface area contributed by atoms with Crippen LogP contribution in [0.2, 0.25) is 5.02 Å². The molecular weight excluding hydrogens is 434 g/mol. The van der Waals surface area contributed by atoms with Gasteiger partial charge in [-0.3, -0.25) is 9.59 Å². The summed E-state index contributed by atoms with van der Waals surface area (Å²) in [4.78, 5) is 29.8. The molecule has 1 aliphatic rings. The zero-order valence-electron chi connectivity index (χ0n) is 18.7. The number of carbonyl (C=O) groups is 2. The van der Waals surface area contributed by atoms with Crippen molar-refractivity contribution in [3.63, 3.8) is 0 Å². The van der Waals surface area contributed by atoms with Crippen molar-refractivity contribution in [2.75, 3.05) is 36.4 Å². The van der Waals surface area contributed by atoms with Crippen molar-refractivity contribution in [3.05, 3.63) is 95.0 Å². The highest BCUT2D eigenvalue weighted by Gasteiger charge is 2.26. The van der Waals surface area contributed by atoms with Crippen molar-refractivity contribution in [1.82, 2.24) is 4.90 Å². The third-order valence-corrected chi connectivity index (χ3v) is 6.26. The van der Waals surface area contributed by atoms with Gasteiger partial charge in [0.1, 0.15) is 0 Å². The summed E-state index contributed by atoms with van der Waals surface area (Å²) in [5.41, 5.74) is 3.45. The van der Waals surface area contributed by atoms with Crippen LogP contribution >= 0.6 is 11.6 Å². The third kappa shape index (κ3) is 5.37. The first-order valence-corrected chi connectivity index (χ1v) is 11.7. The lowest BCUT2D eigenvalue weighted by Crippen LogP contribution is -2.48. The van der Waals surface area contributed by atoms with E-state index in [0.717, 1.165) is 16.8 Å². The summed E-state index contributed by atoms with van der Waals surface area (Å²) in [6, 6.07) is 25.1. The van der Waals surface area contributed by atoms with Crippen LogP contribution in [0.25, 0.3) is 0 Å². The van der Waals surface area contributed by atoms with Crippen LogP contribution < -0.4 is 10.2 Å². The van der Waals surface area contributed by atoms with Crippen LogP contribution in [-0.2, 0) is 9.59 Å². The van der Waals surface area contributed by atoms with E-state index in [9.17, 15) is 9.59 Å². The lowest BCUT2D eigenvalue weighted by Gasteiger charge is -2.37. The minimum Gasteiger partial charge on any atom is -0.366 e. The molecule has 0 aliphatic carbocycles. The molecule has 0 spiro atoms. The largest absolute Gasteiger partial charge is 0.366 e. The molecule has 6 heteroatoms. The van der Waals surface area contributed by atoms with Crippen molar-refractivity contribution >= 4 is 34.8 Å². The van der Waals surface area contributed by atoms with Crippen LogP contribution in [0.3, 0.4) is 0 Å². The number of rotatable bonds is 6. The molecule has 0 atom stereocenters. The van der Waals surface area contributed by atoms with Crippen LogP contribution in [0.15, 0.2) is 78.9 Å². The van der Waals surface area contributed by atoms with Crippen molar-refractivity contribution in [2.24, 2.45) is 0 Å². The van der Waals surface area contributed by atoms with Gasteiger partial charge in [0.15, 0.2) is 0 Å². The highest BCUT2D eigenvalue weighted by Crippen LogP contribution is 2.33. The monoisotopic (exact) mass is 461 g/mol. The Labute approximate surface area is 200 Å². The van der Waals surface area contributed by atoms with Crippen molar-refractivity contribution in [1.29, 1.82) is 0 Å². The van der Waals surface area contributed by atoms with Crippen LogP contribution in [-0.4, -0.2) is 42.9 Å². The van der Waals surface area contributed by atoms with Gasteiger partial charge < -0.3 is 15.1 Å². The SMILES string of the molecule is CCC(=O)N1CCN(c2ccc(Cl)cc2NC(=O)C(c2ccccc2)c2ccccc2)CC1. The van der Waals surface area contributed by atoms with E-state index < -0.39 is 5.92 Å². The number of nitrogens with one attached hydrogen (secondary N) is 1. The number of carbonyl (C=O) groups excluding carboxylic acids is 2. The van der Waals surface area contributed by atoms with Crippen LogP contribution in [0.1, 0.15) is 30.4 Å². The molecule has 3 aromatic carbocycles. The number of anilines is 2. The summed E-state index contributed by atoms with van der Waals surface area (Å²) in [6.07, 6.45) is 0.516. The van der Waals surface area contributed by atoms with E-state index in [-0.39, 0.29) is 11.8 Å². The maximum Gasteiger partial charge on any atom is 0.236 e. The van der Waals surface area contributed by atoms with E-state index >= 15 is 0 Å². The molecule has 0 radical (unpaired) electrons. The number of hydrogen-bond acceptors (Lipinski definition) is 3. The van der Waals surface area contributed by atoms with Gasteiger partial charge in [-0.1, -0.05) is 79.2 Å². The van der Waals surface area contributed by atoms with Gasteiger partial charge in [-0.25, -0.2) is 0 Å². The van der Waals surface area contributed by atoms with Crippen LogP contribution in [0.4, 0.5) is 11.4 Å². The Hall–Kier alpha value is -3.31. The molecule has 1 N–H and O–H groups in total. The first kappa shape index (κ1) is 22.9. The first-order valence-electron chi connectivity index (χ1n) is 11.3. The van der Waals surface area contributed by atoms with E-state index in [1.807, 2.05) is 84.6 Å². The van der Waals surface area contributed by atoms with Gasteiger partial charge in [-0.15, -0.1) is 0 Å². The molecule has 170 valence electrons. The molecule has 0 bridgehead atoms. The highest BCUT2D eigenvalue weighted by molar-refractivity contribution is 6.31. The van der Waals surface area contributed by atoms with Crippen LogP contribution in [0, 0.1) is 0 Å². The van der Waals surface area contributed by atoms with Gasteiger partial charge in [-0.2, -0.15) is 0 Å². The Morgan fingerprint density at radius 2 is 1.45 bits per heavy atom. The quantitative estimate of drug-likeness (QED) is 0.551. The Bertz CT molecular complexity index is 1060. The summed E-state index contributed by atoms with van der Waals surface area (Å²) in [5, 5.41) is 3.71. The molecule has 1 saturated heterocycles.